The summed E-state index contributed by atoms with van der Waals surface area (Å²) in [7, 11) is 0. The number of nitrogen functional groups attached to an aromatic ring is 1. The highest BCUT2D eigenvalue weighted by molar-refractivity contribution is 6.29. The third kappa shape index (κ3) is 4.00. The second kappa shape index (κ2) is 6.15. The van der Waals surface area contributed by atoms with Crippen molar-refractivity contribution in [1.29, 1.82) is 0 Å². The molecular formula is C12H16ClN3O. The first kappa shape index (κ1) is 13.4. The van der Waals surface area contributed by atoms with Gasteiger partial charge in [0, 0.05) is 23.0 Å². The first-order valence-corrected chi connectivity index (χ1v) is 5.67. The van der Waals surface area contributed by atoms with Gasteiger partial charge in [-0.25, -0.2) is 0 Å². The lowest BCUT2D eigenvalue weighted by Crippen LogP contribution is -2.24. The van der Waals surface area contributed by atoms with Crippen LogP contribution in [-0.4, -0.2) is 19.0 Å². The van der Waals surface area contributed by atoms with Crippen molar-refractivity contribution >= 4 is 28.9 Å². The lowest BCUT2D eigenvalue weighted by Gasteiger charge is -2.12. The number of hydrogen-bond donors (Lipinski definition) is 3. The van der Waals surface area contributed by atoms with Crippen molar-refractivity contribution in [1.82, 2.24) is 5.32 Å². The molecule has 4 nitrogen and oxygen atoms in total. The van der Waals surface area contributed by atoms with Gasteiger partial charge in [-0.3, -0.25) is 4.79 Å². The Morgan fingerprint density at radius 2 is 2.24 bits per heavy atom. The molecule has 0 aliphatic carbocycles. The average molecular weight is 254 g/mol. The van der Waals surface area contributed by atoms with Crippen molar-refractivity contribution < 1.29 is 4.79 Å². The predicted molar refractivity (Wildman–Crippen MR) is 72.3 cm³/mol. The summed E-state index contributed by atoms with van der Waals surface area (Å²) < 4.78 is 0. The van der Waals surface area contributed by atoms with Crippen molar-refractivity contribution in [3.63, 3.8) is 0 Å². The van der Waals surface area contributed by atoms with Crippen LogP contribution in [0.15, 0.2) is 29.8 Å². The fourth-order valence-corrected chi connectivity index (χ4v) is 1.42. The normalized spacial score (nSPS) is 9.76. The third-order valence-corrected chi connectivity index (χ3v) is 2.23. The minimum atomic E-state index is -0.143. The van der Waals surface area contributed by atoms with E-state index in [-0.39, 0.29) is 5.91 Å². The van der Waals surface area contributed by atoms with Crippen LogP contribution in [0.3, 0.4) is 0 Å². The zero-order valence-corrected chi connectivity index (χ0v) is 10.5. The maximum absolute atomic E-state index is 11.8. The van der Waals surface area contributed by atoms with Gasteiger partial charge in [0.15, 0.2) is 0 Å². The Bertz CT molecular complexity index is 432. The Morgan fingerprint density at radius 1 is 1.53 bits per heavy atom. The van der Waals surface area contributed by atoms with Crippen molar-refractivity contribution in [2.24, 2.45) is 0 Å². The SMILES string of the molecule is C=C(Cl)CNc1cc(N)ccc1C(=O)NCC. The summed E-state index contributed by atoms with van der Waals surface area (Å²) in [5, 5.41) is 6.22. The molecule has 5 heteroatoms. The molecule has 1 aromatic rings. The average Bonchev–Trinajstić information content (AvgIpc) is 2.26. The quantitative estimate of drug-likeness (QED) is 0.705. The number of halogens is 1. The van der Waals surface area contributed by atoms with Crippen LogP contribution in [0.4, 0.5) is 11.4 Å². The van der Waals surface area contributed by atoms with Crippen LogP contribution in [0, 0.1) is 0 Å². The van der Waals surface area contributed by atoms with Crippen LogP contribution in [0.1, 0.15) is 17.3 Å². The minimum Gasteiger partial charge on any atom is -0.399 e. The number of anilines is 2. The molecule has 0 aliphatic heterocycles. The molecule has 0 bridgehead atoms. The zero-order valence-electron chi connectivity index (χ0n) is 9.72. The van der Waals surface area contributed by atoms with Gasteiger partial charge in [0.2, 0.25) is 0 Å². The summed E-state index contributed by atoms with van der Waals surface area (Å²) in [6, 6.07) is 5.06. The Morgan fingerprint density at radius 3 is 2.82 bits per heavy atom. The van der Waals surface area contributed by atoms with Gasteiger partial charge in [0.25, 0.3) is 5.91 Å². The molecule has 17 heavy (non-hydrogen) atoms. The van der Waals surface area contributed by atoms with Crippen LogP contribution < -0.4 is 16.4 Å². The lowest BCUT2D eigenvalue weighted by atomic mass is 10.1. The van der Waals surface area contributed by atoms with Crippen LogP contribution in [0.5, 0.6) is 0 Å². The topological polar surface area (TPSA) is 67.1 Å². The molecule has 1 amide bonds. The molecule has 0 spiro atoms. The van der Waals surface area contributed by atoms with E-state index in [1.807, 2.05) is 6.92 Å². The summed E-state index contributed by atoms with van der Waals surface area (Å²) in [5.41, 5.74) is 7.46. The van der Waals surface area contributed by atoms with Crippen molar-refractivity contribution in [3.05, 3.63) is 35.4 Å². The largest absolute Gasteiger partial charge is 0.399 e. The number of rotatable bonds is 5. The molecule has 4 N–H and O–H groups in total. The van der Waals surface area contributed by atoms with Crippen LogP contribution in [0.2, 0.25) is 0 Å². The summed E-state index contributed by atoms with van der Waals surface area (Å²) in [4.78, 5) is 11.8. The monoisotopic (exact) mass is 253 g/mol. The van der Waals surface area contributed by atoms with E-state index in [1.54, 1.807) is 18.2 Å². The molecule has 0 heterocycles. The predicted octanol–water partition coefficient (Wildman–Crippen LogP) is 2.18. The number of nitrogens with two attached hydrogens (primary N) is 1. The standard InChI is InChI=1S/C12H16ClN3O/c1-3-15-12(17)10-5-4-9(14)6-11(10)16-7-8(2)13/h4-6,16H,2-3,7,14H2,1H3,(H,15,17). The lowest BCUT2D eigenvalue weighted by molar-refractivity contribution is 0.0956. The zero-order chi connectivity index (χ0) is 12.8. The van der Waals surface area contributed by atoms with E-state index < -0.39 is 0 Å². The molecule has 0 aliphatic rings. The number of carbonyl (C=O) groups excluding carboxylic acids is 1. The molecule has 92 valence electrons. The second-order valence-electron chi connectivity index (χ2n) is 3.54. The van der Waals surface area contributed by atoms with Crippen LogP contribution in [-0.2, 0) is 0 Å². The van der Waals surface area contributed by atoms with Crippen LogP contribution in [0.25, 0.3) is 0 Å². The fraction of sp³-hybridized carbons (Fsp3) is 0.250. The van der Waals surface area contributed by atoms with E-state index in [1.165, 1.54) is 0 Å². The van der Waals surface area contributed by atoms with Crippen molar-refractivity contribution in [3.8, 4) is 0 Å². The Labute approximate surface area is 106 Å². The molecule has 1 rings (SSSR count). The number of hydrogen-bond acceptors (Lipinski definition) is 3. The third-order valence-electron chi connectivity index (χ3n) is 2.10. The van der Waals surface area contributed by atoms with E-state index >= 15 is 0 Å². The second-order valence-corrected chi connectivity index (χ2v) is 4.07. The molecule has 0 unspecified atom stereocenters. The van der Waals surface area contributed by atoms with Gasteiger partial charge in [0.1, 0.15) is 0 Å². The summed E-state index contributed by atoms with van der Waals surface area (Å²) in [5.74, 6) is -0.143. The first-order valence-electron chi connectivity index (χ1n) is 5.29. The smallest absolute Gasteiger partial charge is 0.253 e. The highest BCUT2D eigenvalue weighted by atomic mass is 35.5. The minimum absolute atomic E-state index is 0.143. The molecule has 0 saturated carbocycles. The van der Waals surface area contributed by atoms with Gasteiger partial charge in [-0.1, -0.05) is 18.2 Å². The summed E-state index contributed by atoms with van der Waals surface area (Å²) >= 11 is 5.67. The number of carbonyl (C=O) groups is 1. The van der Waals surface area contributed by atoms with Gasteiger partial charge in [-0.05, 0) is 25.1 Å². The maximum Gasteiger partial charge on any atom is 0.253 e. The van der Waals surface area contributed by atoms with Gasteiger partial charge >= 0.3 is 0 Å². The van der Waals surface area contributed by atoms with E-state index in [0.29, 0.717) is 35.1 Å². The van der Waals surface area contributed by atoms with Gasteiger partial charge in [0.05, 0.1) is 12.1 Å². The van der Waals surface area contributed by atoms with Crippen molar-refractivity contribution in [2.45, 2.75) is 6.92 Å². The van der Waals surface area contributed by atoms with E-state index in [4.69, 9.17) is 17.3 Å². The highest BCUT2D eigenvalue weighted by Gasteiger charge is 2.10. The van der Waals surface area contributed by atoms with E-state index in [2.05, 4.69) is 17.2 Å². The molecule has 0 aromatic heterocycles. The van der Waals surface area contributed by atoms with Gasteiger partial charge < -0.3 is 16.4 Å². The highest BCUT2D eigenvalue weighted by Crippen LogP contribution is 2.19. The van der Waals surface area contributed by atoms with Crippen molar-refractivity contribution in [2.75, 3.05) is 24.1 Å². The molecular weight excluding hydrogens is 238 g/mol. The van der Waals surface area contributed by atoms with Gasteiger partial charge in [-0.15, -0.1) is 0 Å². The maximum atomic E-state index is 11.8. The Kier molecular flexibility index (Phi) is 4.84. The molecule has 0 atom stereocenters. The summed E-state index contributed by atoms with van der Waals surface area (Å²) in [6.45, 7) is 6.40. The Hall–Kier alpha value is -1.68. The molecule has 1 aromatic carbocycles. The molecule has 0 radical (unpaired) electrons. The molecule has 0 saturated heterocycles. The first-order chi connectivity index (χ1) is 8.04. The number of nitrogens with one attached hydrogen (secondary N) is 2. The van der Waals surface area contributed by atoms with Gasteiger partial charge in [-0.2, -0.15) is 0 Å². The molecule has 0 fully saturated rings. The summed E-state index contributed by atoms with van der Waals surface area (Å²) in [6.07, 6.45) is 0. The van der Waals surface area contributed by atoms with Crippen LogP contribution >= 0.6 is 11.6 Å². The fourth-order valence-electron chi connectivity index (χ4n) is 1.35. The van der Waals surface area contributed by atoms with E-state index in [0.717, 1.165) is 0 Å². The number of benzene rings is 1. The Balaban J connectivity index is 2.94. The number of amides is 1. The van der Waals surface area contributed by atoms with E-state index in [9.17, 15) is 4.79 Å².